The molecule has 2 aromatic carbocycles. The number of benzene rings is 2. The number of ether oxygens (including phenoxy) is 1. The lowest BCUT2D eigenvalue weighted by Crippen LogP contribution is -2.34. The minimum absolute atomic E-state index is 0.0132. The van der Waals surface area contributed by atoms with Gasteiger partial charge < -0.3 is 9.64 Å². The zero-order valence-corrected chi connectivity index (χ0v) is 17.3. The molecule has 0 aliphatic carbocycles. The van der Waals surface area contributed by atoms with Crippen LogP contribution in [0.4, 0.5) is 0 Å². The highest BCUT2D eigenvalue weighted by molar-refractivity contribution is 6.30. The molecular formula is C22H24ClN3O2. The van der Waals surface area contributed by atoms with Gasteiger partial charge in [-0.05, 0) is 57.2 Å². The van der Waals surface area contributed by atoms with Crippen molar-refractivity contribution in [2.45, 2.75) is 40.3 Å². The zero-order chi connectivity index (χ0) is 20.3. The molecule has 0 fully saturated rings. The molecule has 0 N–H and O–H groups in total. The van der Waals surface area contributed by atoms with Crippen molar-refractivity contribution in [1.29, 1.82) is 0 Å². The fraction of sp³-hybridized carbons (Fsp3) is 0.273. The monoisotopic (exact) mass is 397 g/mol. The molecule has 1 amide bonds. The summed E-state index contributed by atoms with van der Waals surface area (Å²) < 4.78 is 8.01. The van der Waals surface area contributed by atoms with Crippen molar-refractivity contribution >= 4 is 17.5 Å². The molecule has 146 valence electrons. The molecule has 0 saturated carbocycles. The van der Waals surface area contributed by atoms with E-state index in [-0.39, 0.29) is 11.9 Å². The van der Waals surface area contributed by atoms with Crippen LogP contribution in [0, 0.1) is 6.92 Å². The Labute approximate surface area is 170 Å². The predicted octanol–water partition coefficient (Wildman–Crippen LogP) is 5.38. The molecule has 0 atom stereocenters. The molecule has 3 aromatic rings. The molecule has 3 rings (SSSR count). The highest BCUT2D eigenvalue weighted by Gasteiger charge is 2.23. The second-order valence-electron chi connectivity index (χ2n) is 6.91. The lowest BCUT2D eigenvalue weighted by Gasteiger charge is -2.25. The zero-order valence-electron chi connectivity index (χ0n) is 16.5. The molecular weight excluding hydrogens is 374 g/mol. The summed E-state index contributed by atoms with van der Waals surface area (Å²) in [6.07, 6.45) is 0. The summed E-state index contributed by atoms with van der Waals surface area (Å²) in [6, 6.07) is 17.1. The van der Waals surface area contributed by atoms with Gasteiger partial charge >= 0.3 is 0 Å². The van der Waals surface area contributed by atoms with Gasteiger partial charge in [0.2, 0.25) is 11.8 Å². The Morgan fingerprint density at radius 3 is 2.36 bits per heavy atom. The molecule has 1 heterocycles. The van der Waals surface area contributed by atoms with Crippen LogP contribution in [0.1, 0.15) is 32.0 Å². The predicted molar refractivity (Wildman–Crippen MR) is 111 cm³/mol. The van der Waals surface area contributed by atoms with Crippen LogP contribution < -0.4 is 4.74 Å². The third-order valence-corrected chi connectivity index (χ3v) is 4.77. The average Bonchev–Trinajstić information content (AvgIpc) is 2.97. The van der Waals surface area contributed by atoms with Gasteiger partial charge in [-0.15, -0.1) is 0 Å². The number of hydrogen-bond donors (Lipinski definition) is 0. The van der Waals surface area contributed by atoms with Gasteiger partial charge in [-0.1, -0.05) is 29.8 Å². The van der Waals surface area contributed by atoms with Crippen LogP contribution in [0.3, 0.4) is 0 Å². The van der Waals surface area contributed by atoms with Crippen LogP contribution in [0.25, 0.3) is 5.69 Å². The average molecular weight is 398 g/mol. The normalized spacial score (nSPS) is 10.9. The molecule has 0 unspecified atom stereocenters. The van der Waals surface area contributed by atoms with E-state index in [2.05, 4.69) is 0 Å². The standard InChI is InChI=1S/C22H24ClN3O2/c1-15(2)25(17(4)27)14-21-16(3)24-26(19-8-6-5-7-9-19)22(21)28-20-12-10-18(23)11-13-20/h5-13,15H,14H2,1-4H3. The summed E-state index contributed by atoms with van der Waals surface area (Å²) in [6.45, 7) is 7.93. The number of aryl methyl sites for hydroxylation is 1. The van der Waals surface area contributed by atoms with Crippen molar-refractivity contribution in [2.75, 3.05) is 0 Å². The number of hydrogen-bond acceptors (Lipinski definition) is 3. The summed E-state index contributed by atoms with van der Waals surface area (Å²) >= 11 is 6.00. The molecule has 1 aromatic heterocycles. The Kier molecular flexibility index (Phi) is 6.05. The Hall–Kier alpha value is -2.79. The smallest absolute Gasteiger partial charge is 0.227 e. The van der Waals surface area contributed by atoms with Gasteiger partial charge in [0, 0.05) is 18.0 Å². The first-order valence-corrected chi connectivity index (χ1v) is 9.59. The molecule has 0 spiro atoms. The van der Waals surface area contributed by atoms with Gasteiger partial charge in [-0.3, -0.25) is 4.79 Å². The van der Waals surface area contributed by atoms with E-state index in [1.807, 2.05) is 63.2 Å². The van der Waals surface area contributed by atoms with Crippen LogP contribution in [0.2, 0.25) is 5.02 Å². The summed E-state index contributed by atoms with van der Waals surface area (Å²) in [7, 11) is 0. The Balaban J connectivity index is 2.08. The van der Waals surface area contributed by atoms with Crippen molar-refractivity contribution in [3.05, 3.63) is 70.9 Å². The first kappa shape index (κ1) is 20.0. The third-order valence-electron chi connectivity index (χ3n) is 4.52. The van der Waals surface area contributed by atoms with Crippen LogP contribution in [0.5, 0.6) is 11.6 Å². The largest absolute Gasteiger partial charge is 0.439 e. The van der Waals surface area contributed by atoms with Crippen molar-refractivity contribution in [1.82, 2.24) is 14.7 Å². The number of nitrogens with zero attached hydrogens (tertiary/aromatic N) is 3. The van der Waals surface area contributed by atoms with Crippen LogP contribution >= 0.6 is 11.6 Å². The van der Waals surface area contributed by atoms with Crippen molar-refractivity contribution < 1.29 is 9.53 Å². The molecule has 0 saturated heterocycles. The van der Waals surface area contributed by atoms with E-state index in [1.165, 1.54) is 0 Å². The second kappa shape index (κ2) is 8.48. The number of amides is 1. The SMILES string of the molecule is CC(=O)N(Cc1c(C)nn(-c2ccccc2)c1Oc1ccc(Cl)cc1)C(C)C. The number of para-hydroxylation sites is 1. The first-order chi connectivity index (χ1) is 13.4. The maximum Gasteiger partial charge on any atom is 0.227 e. The Morgan fingerprint density at radius 1 is 1.14 bits per heavy atom. The van der Waals surface area contributed by atoms with Crippen molar-refractivity contribution in [3.63, 3.8) is 0 Å². The minimum atomic E-state index is 0.0132. The maximum atomic E-state index is 12.1. The highest BCUT2D eigenvalue weighted by atomic mass is 35.5. The van der Waals surface area contributed by atoms with Gasteiger partial charge in [-0.2, -0.15) is 5.10 Å². The number of carbonyl (C=O) groups excluding carboxylic acids is 1. The molecule has 28 heavy (non-hydrogen) atoms. The van der Waals surface area contributed by atoms with E-state index in [9.17, 15) is 4.79 Å². The highest BCUT2D eigenvalue weighted by Crippen LogP contribution is 2.32. The van der Waals surface area contributed by atoms with E-state index in [4.69, 9.17) is 21.4 Å². The minimum Gasteiger partial charge on any atom is -0.439 e. The number of carbonyl (C=O) groups is 1. The van der Waals surface area contributed by atoms with Gasteiger partial charge in [0.15, 0.2) is 0 Å². The van der Waals surface area contributed by atoms with Crippen LogP contribution in [0.15, 0.2) is 54.6 Å². The van der Waals surface area contributed by atoms with Gasteiger partial charge in [0.1, 0.15) is 5.75 Å². The molecule has 6 heteroatoms. The fourth-order valence-corrected chi connectivity index (χ4v) is 3.14. The fourth-order valence-electron chi connectivity index (χ4n) is 3.01. The summed E-state index contributed by atoms with van der Waals surface area (Å²) in [5.74, 6) is 1.26. The topological polar surface area (TPSA) is 47.4 Å². The van der Waals surface area contributed by atoms with E-state index in [1.54, 1.807) is 28.6 Å². The molecule has 0 aliphatic rings. The Bertz CT molecular complexity index is 950. The van der Waals surface area contributed by atoms with E-state index in [0.717, 1.165) is 16.9 Å². The first-order valence-electron chi connectivity index (χ1n) is 9.21. The van der Waals surface area contributed by atoms with Crippen molar-refractivity contribution in [2.24, 2.45) is 0 Å². The molecule has 0 bridgehead atoms. The number of aromatic nitrogens is 2. The van der Waals surface area contributed by atoms with Crippen LogP contribution in [-0.2, 0) is 11.3 Å². The quantitative estimate of drug-likeness (QED) is 0.560. The molecule has 5 nitrogen and oxygen atoms in total. The van der Waals surface area contributed by atoms with Crippen LogP contribution in [-0.4, -0.2) is 26.6 Å². The van der Waals surface area contributed by atoms with E-state index >= 15 is 0 Å². The van der Waals surface area contributed by atoms with E-state index in [0.29, 0.717) is 23.2 Å². The Morgan fingerprint density at radius 2 is 1.79 bits per heavy atom. The van der Waals surface area contributed by atoms with E-state index < -0.39 is 0 Å². The summed E-state index contributed by atoms with van der Waals surface area (Å²) in [5.41, 5.74) is 2.59. The van der Waals surface area contributed by atoms with Gasteiger partial charge in [-0.25, -0.2) is 4.68 Å². The van der Waals surface area contributed by atoms with Gasteiger partial charge in [0.25, 0.3) is 0 Å². The lowest BCUT2D eigenvalue weighted by molar-refractivity contribution is -0.131. The summed E-state index contributed by atoms with van der Waals surface area (Å²) in [4.78, 5) is 13.9. The molecule has 0 radical (unpaired) electrons. The lowest BCUT2D eigenvalue weighted by atomic mass is 10.2. The third kappa shape index (κ3) is 4.37. The molecule has 0 aliphatic heterocycles. The second-order valence-corrected chi connectivity index (χ2v) is 7.35. The number of halogens is 1. The van der Waals surface area contributed by atoms with Crippen molar-refractivity contribution in [3.8, 4) is 17.3 Å². The number of rotatable bonds is 6. The maximum absolute atomic E-state index is 12.1. The van der Waals surface area contributed by atoms with Gasteiger partial charge in [0.05, 0.1) is 23.5 Å². The summed E-state index contributed by atoms with van der Waals surface area (Å²) in [5, 5.41) is 5.34.